The number of hydrogen-bond donors (Lipinski definition) is 2. The van der Waals surface area contributed by atoms with Crippen molar-refractivity contribution in [3.63, 3.8) is 0 Å². The molecular weight excluding hydrogens is 369 g/mol. The summed E-state index contributed by atoms with van der Waals surface area (Å²) in [5, 5.41) is 2.97. The molecule has 2 N–H and O–H groups in total. The third kappa shape index (κ3) is 5.96. The fourth-order valence-electron chi connectivity index (χ4n) is 2.16. The number of ether oxygens (including phenoxy) is 1. The van der Waals surface area contributed by atoms with Crippen molar-refractivity contribution in [1.29, 1.82) is 0 Å². The van der Waals surface area contributed by atoms with E-state index in [1.54, 1.807) is 0 Å². The van der Waals surface area contributed by atoms with Crippen molar-refractivity contribution in [2.45, 2.75) is 11.8 Å². The van der Waals surface area contributed by atoms with E-state index in [4.69, 9.17) is 4.74 Å². The van der Waals surface area contributed by atoms with Crippen LogP contribution in [0.4, 0.5) is 10.1 Å². The summed E-state index contributed by atoms with van der Waals surface area (Å²) in [4.78, 5) is 30.6. The Morgan fingerprint density at radius 2 is 1.89 bits per heavy atom. The van der Waals surface area contributed by atoms with E-state index in [1.165, 1.54) is 30.3 Å². The number of aromatic nitrogens is 2. The number of amides is 1. The molecule has 0 radical (unpaired) electrons. The number of carbonyl (C=O) groups excluding carboxylic acids is 1. The van der Waals surface area contributed by atoms with Gasteiger partial charge in [0.25, 0.3) is 5.56 Å². The maximum absolute atomic E-state index is 12.9. The number of thioether (sulfide) groups is 1. The summed E-state index contributed by atoms with van der Waals surface area (Å²) >= 11 is 1.09. The largest absolute Gasteiger partial charge is 0.487 e. The maximum Gasteiger partial charge on any atom is 0.251 e. The molecule has 8 heteroatoms. The average Bonchev–Trinajstić information content (AvgIpc) is 2.67. The van der Waals surface area contributed by atoms with Gasteiger partial charge in [0.15, 0.2) is 5.16 Å². The molecular formula is C19H16FN3O3S. The Labute approximate surface area is 158 Å². The number of para-hydroxylation sites is 1. The number of nitrogens with zero attached hydrogens (tertiary/aromatic N) is 1. The van der Waals surface area contributed by atoms with Crippen molar-refractivity contribution in [2.24, 2.45) is 0 Å². The van der Waals surface area contributed by atoms with Crippen LogP contribution >= 0.6 is 11.8 Å². The lowest BCUT2D eigenvalue weighted by molar-refractivity contribution is -0.113. The molecule has 138 valence electrons. The molecule has 0 bridgehead atoms. The Balaban J connectivity index is 1.56. The number of nitrogens with one attached hydrogen (secondary N) is 2. The summed E-state index contributed by atoms with van der Waals surface area (Å²) in [6.45, 7) is 0.142. The van der Waals surface area contributed by atoms with Gasteiger partial charge < -0.3 is 15.0 Å². The van der Waals surface area contributed by atoms with E-state index >= 15 is 0 Å². The number of hydrogen-bond acceptors (Lipinski definition) is 5. The Kier molecular flexibility index (Phi) is 6.22. The molecule has 0 aliphatic rings. The molecule has 6 nitrogen and oxygen atoms in total. The lowest BCUT2D eigenvalue weighted by atomic mass is 10.3. The molecule has 0 aliphatic heterocycles. The highest BCUT2D eigenvalue weighted by Gasteiger charge is 2.08. The van der Waals surface area contributed by atoms with Crippen molar-refractivity contribution >= 4 is 23.4 Å². The Bertz CT molecular complexity index is 962. The number of rotatable bonds is 7. The predicted octanol–water partition coefficient (Wildman–Crippen LogP) is 3.22. The smallest absolute Gasteiger partial charge is 0.251 e. The van der Waals surface area contributed by atoms with E-state index in [1.807, 2.05) is 30.3 Å². The summed E-state index contributed by atoms with van der Waals surface area (Å²) in [5.41, 5.74) is 0.635. The van der Waals surface area contributed by atoms with Gasteiger partial charge in [-0.25, -0.2) is 9.37 Å². The molecule has 1 amide bonds. The third-order valence-corrected chi connectivity index (χ3v) is 4.24. The van der Waals surface area contributed by atoms with Gasteiger partial charge in [0.05, 0.1) is 11.4 Å². The molecule has 2 aromatic carbocycles. The van der Waals surface area contributed by atoms with Gasteiger partial charge in [-0.15, -0.1) is 0 Å². The molecule has 0 saturated carbocycles. The molecule has 0 aliphatic carbocycles. The standard InChI is InChI=1S/C19H16FN3O3S/c20-13-6-8-14(9-7-13)21-18(25)12-27-19-22-15(10-17(24)23-19)11-26-16-4-2-1-3-5-16/h1-10H,11-12H2,(H,21,25)(H,22,23,24). The second kappa shape index (κ2) is 9.00. The molecule has 0 saturated heterocycles. The van der Waals surface area contributed by atoms with Crippen LogP contribution in [0.3, 0.4) is 0 Å². The second-order valence-electron chi connectivity index (χ2n) is 5.49. The molecule has 0 fully saturated rings. The lowest BCUT2D eigenvalue weighted by Crippen LogP contribution is -2.16. The van der Waals surface area contributed by atoms with Crippen LogP contribution in [-0.4, -0.2) is 21.6 Å². The summed E-state index contributed by atoms with van der Waals surface area (Å²) in [6.07, 6.45) is 0. The quantitative estimate of drug-likeness (QED) is 0.482. The van der Waals surface area contributed by atoms with E-state index in [0.717, 1.165) is 11.8 Å². The highest BCUT2D eigenvalue weighted by molar-refractivity contribution is 7.99. The van der Waals surface area contributed by atoms with Crippen molar-refractivity contribution < 1.29 is 13.9 Å². The van der Waals surface area contributed by atoms with E-state index in [9.17, 15) is 14.0 Å². The second-order valence-corrected chi connectivity index (χ2v) is 6.45. The van der Waals surface area contributed by atoms with Crippen LogP contribution in [0, 0.1) is 5.82 Å². The molecule has 1 heterocycles. The van der Waals surface area contributed by atoms with Gasteiger partial charge in [-0.2, -0.15) is 0 Å². The SMILES string of the molecule is O=C(CSc1nc(COc2ccccc2)cc(=O)[nH]1)Nc1ccc(F)cc1. The van der Waals surface area contributed by atoms with Crippen molar-refractivity contribution in [3.05, 3.63) is 82.5 Å². The molecule has 3 rings (SSSR count). The van der Waals surface area contributed by atoms with Crippen LogP contribution in [-0.2, 0) is 11.4 Å². The van der Waals surface area contributed by atoms with Crippen LogP contribution in [0.1, 0.15) is 5.69 Å². The first-order valence-electron chi connectivity index (χ1n) is 8.05. The maximum atomic E-state index is 12.9. The highest BCUT2D eigenvalue weighted by Crippen LogP contribution is 2.15. The molecule has 0 atom stereocenters. The topological polar surface area (TPSA) is 84.1 Å². The zero-order chi connectivity index (χ0) is 19.1. The number of aromatic amines is 1. The van der Waals surface area contributed by atoms with Crippen LogP contribution in [0.5, 0.6) is 5.75 Å². The lowest BCUT2D eigenvalue weighted by Gasteiger charge is -2.07. The minimum absolute atomic E-state index is 0.0450. The monoisotopic (exact) mass is 385 g/mol. The normalized spacial score (nSPS) is 10.4. The summed E-state index contributed by atoms with van der Waals surface area (Å²) in [7, 11) is 0. The van der Waals surface area contributed by atoms with Crippen LogP contribution < -0.4 is 15.6 Å². The first-order chi connectivity index (χ1) is 13.1. The molecule has 0 unspecified atom stereocenters. The molecule has 3 aromatic rings. The van der Waals surface area contributed by atoms with E-state index in [-0.39, 0.29) is 29.6 Å². The van der Waals surface area contributed by atoms with Gasteiger partial charge in [-0.1, -0.05) is 30.0 Å². The summed E-state index contributed by atoms with van der Waals surface area (Å²) in [5.74, 6) is 0.0508. The van der Waals surface area contributed by atoms with Gasteiger partial charge >= 0.3 is 0 Å². The van der Waals surface area contributed by atoms with E-state index < -0.39 is 0 Å². The number of benzene rings is 2. The van der Waals surface area contributed by atoms with Crippen LogP contribution in [0.25, 0.3) is 0 Å². The number of H-pyrrole nitrogens is 1. The molecule has 0 spiro atoms. The van der Waals surface area contributed by atoms with Gasteiger partial charge in [0.1, 0.15) is 18.2 Å². The fraction of sp³-hybridized carbons (Fsp3) is 0.105. The first kappa shape index (κ1) is 18.7. The fourth-order valence-corrected chi connectivity index (χ4v) is 2.86. The van der Waals surface area contributed by atoms with Crippen molar-refractivity contribution in [1.82, 2.24) is 9.97 Å². The van der Waals surface area contributed by atoms with Crippen molar-refractivity contribution in [2.75, 3.05) is 11.1 Å². The van der Waals surface area contributed by atoms with Gasteiger partial charge in [0, 0.05) is 11.8 Å². The Morgan fingerprint density at radius 3 is 2.63 bits per heavy atom. The average molecular weight is 385 g/mol. The highest BCUT2D eigenvalue weighted by atomic mass is 32.2. The summed E-state index contributed by atoms with van der Waals surface area (Å²) in [6, 6.07) is 16.0. The van der Waals surface area contributed by atoms with Gasteiger partial charge in [0.2, 0.25) is 5.91 Å². The van der Waals surface area contributed by atoms with Gasteiger partial charge in [-0.3, -0.25) is 9.59 Å². The van der Waals surface area contributed by atoms with E-state index in [0.29, 0.717) is 22.3 Å². The number of anilines is 1. The minimum atomic E-state index is -0.376. The summed E-state index contributed by atoms with van der Waals surface area (Å²) < 4.78 is 18.5. The van der Waals surface area contributed by atoms with Gasteiger partial charge in [-0.05, 0) is 36.4 Å². The predicted molar refractivity (Wildman–Crippen MR) is 101 cm³/mol. The number of carbonyl (C=O) groups is 1. The first-order valence-corrected chi connectivity index (χ1v) is 9.03. The third-order valence-electron chi connectivity index (χ3n) is 3.37. The zero-order valence-corrected chi connectivity index (χ0v) is 15.0. The Morgan fingerprint density at radius 1 is 1.15 bits per heavy atom. The van der Waals surface area contributed by atoms with Crippen molar-refractivity contribution in [3.8, 4) is 5.75 Å². The minimum Gasteiger partial charge on any atom is -0.487 e. The van der Waals surface area contributed by atoms with Crippen LogP contribution in [0.15, 0.2) is 70.6 Å². The Hall–Kier alpha value is -3.13. The number of halogens is 1. The molecule has 27 heavy (non-hydrogen) atoms. The van der Waals surface area contributed by atoms with Crippen LogP contribution in [0.2, 0.25) is 0 Å². The zero-order valence-electron chi connectivity index (χ0n) is 14.1. The van der Waals surface area contributed by atoms with E-state index in [2.05, 4.69) is 15.3 Å². The molecule has 1 aromatic heterocycles.